The normalized spacial score (nSPS) is 9.30. The molecule has 0 aliphatic rings. The van der Waals surface area contributed by atoms with Gasteiger partial charge in [0.15, 0.2) is 0 Å². The van der Waals surface area contributed by atoms with E-state index < -0.39 is 0 Å². The van der Waals surface area contributed by atoms with E-state index in [-0.39, 0.29) is 28.9 Å². The third-order valence-electron chi connectivity index (χ3n) is 2.72. The van der Waals surface area contributed by atoms with Crippen molar-refractivity contribution in [3.63, 3.8) is 0 Å². The van der Waals surface area contributed by atoms with Crippen molar-refractivity contribution in [1.29, 1.82) is 0 Å². The van der Waals surface area contributed by atoms with E-state index in [1.807, 2.05) is 6.92 Å². The fourth-order valence-corrected chi connectivity index (χ4v) is 1.80. The Morgan fingerprint density at radius 1 is 0.913 bits per heavy atom. The molecule has 122 valence electrons. The molecule has 0 aliphatic carbocycles. The third-order valence-corrected chi connectivity index (χ3v) is 2.99. The molecule has 0 aromatic heterocycles. The third kappa shape index (κ3) is 5.65. The molecule has 0 saturated carbocycles. The Morgan fingerprint density at radius 3 is 1.74 bits per heavy atom. The maximum atomic E-state index is 11.2. The molecule has 6 nitrogen and oxygen atoms in total. The van der Waals surface area contributed by atoms with Crippen molar-refractivity contribution in [2.75, 3.05) is 6.54 Å². The van der Waals surface area contributed by atoms with Crippen LogP contribution < -0.4 is 9.65 Å². The van der Waals surface area contributed by atoms with Crippen molar-refractivity contribution < 1.29 is 36.0 Å². The quantitative estimate of drug-likeness (QED) is 0.630. The number of phenolic OH excluding ortho intramolecular Hbond substituents is 2. The molecule has 2 aromatic carbocycles. The Labute approximate surface area is 142 Å². The second-order valence-electron chi connectivity index (χ2n) is 4.32. The molecule has 0 radical (unpaired) electrons. The van der Waals surface area contributed by atoms with Gasteiger partial charge in [0, 0.05) is 6.54 Å². The van der Waals surface area contributed by atoms with E-state index in [9.17, 15) is 14.7 Å². The van der Waals surface area contributed by atoms with Crippen LogP contribution >= 0.6 is 0 Å². The topological polar surface area (TPSA) is 98.7 Å². The molecule has 7 heteroatoms. The number of aromatic hydroxyl groups is 2. The van der Waals surface area contributed by atoms with E-state index in [1.54, 1.807) is 30.3 Å². The average Bonchev–Trinajstić information content (AvgIpc) is 2.56. The predicted molar refractivity (Wildman–Crippen MR) is 81.7 cm³/mol. The molecular formula is C16H17MnN2O4. The standard InChI is InChI=1S/C9H11NO2.C7H7NO2.Mn/c1-2-10-9(12)7-5-3-4-6-8(7)11;8-7(10)5-3-1-2-4-6(5)9;/h3-6,11H,2H2,1H3,(H,10,12);1-4H,(H3,8,9,10);/q;;+1/p-1. The molecule has 0 fully saturated rings. The summed E-state index contributed by atoms with van der Waals surface area (Å²) in [6.45, 7) is 2.39. The molecule has 0 bridgehead atoms. The number of hydrogen-bond donors (Lipinski definition) is 4. The van der Waals surface area contributed by atoms with Crippen LogP contribution in [0.1, 0.15) is 27.6 Å². The number of rotatable bonds is 3. The molecule has 4 N–H and O–H groups in total. The van der Waals surface area contributed by atoms with Gasteiger partial charge in [0.05, 0.1) is 5.56 Å². The fraction of sp³-hybridized carbons (Fsp3) is 0.125. The van der Waals surface area contributed by atoms with Crippen molar-refractivity contribution >= 4 is 11.8 Å². The SMILES string of the molecule is CCNC(=O)c1ccccc1O.O=C([NH][Mn])c1ccccc1O. The van der Waals surface area contributed by atoms with Gasteiger partial charge in [-0.2, -0.15) is 0 Å². The summed E-state index contributed by atoms with van der Waals surface area (Å²) in [4.78, 5) is 22.1. The number of phenols is 2. The van der Waals surface area contributed by atoms with Crippen LogP contribution in [-0.4, -0.2) is 28.6 Å². The Bertz CT molecular complexity index is 677. The van der Waals surface area contributed by atoms with Crippen LogP contribution in [-0.2, 0) is 16.2 Å². The van der Waals surface area contributed by atoms with Crippen molar-refractivity contribution in [1.82, 2.24) is 9.65 Å². The van der Waals surface area contributed by atoms with Gasteiger partial charge < -0.3 is 10.4 Å². The summed E-state index contributed by atoms with van der Waals surface area (Å²) in [5, 5.41) is 21.0. The molecule has 2 rings (SSSR count). The summed E-state index contributed by atoms with van der Waals surface area (Å²) in [7, 11) is 0. The Balaban J connectivity index is 0.000000231. The van der Waals surface area contributed by atoms with Crippen LogP contribution in [0.3, 0.4) is 0 Å². The summed E-state index contributed by atoms with van der Waals surface area (Å²) in [5.41, 5.74) is 0.573. The predicted octanol–water partition coefficient (Wildman–Crippen LogP) is 1.73. The van der Waals surface area contributed by atoms with Gasteiger partial charge in [-0.05, 0) is 19.1 Å². The van der Waals surface area contributed by atoms with Gasteiger partial charge in [-0.25, -0.2) is 0 Å². The first-order valence-electron chi connectivity index (χ1n) is 6.76. The molecule has 23 heavy (non-hydrogen) atoms. The van der Waals surface area contributed by atoms with Crippen LogP contribution in [0.2, 0.25) is 0 Å². The van der Waals surface area contributed by atoms with Crippen LogP contribution in [0.25, 0.3) is 0 Å². The second kappa shape index (κ2) is 9.50. The van der Waals surface area contributed by atoms with Gasteiger partial charge in [-0.1, -0.05) is 12.1 Å². The molecule has 2 amide bonds. The Kier molecular flexibility index (Phi) is 7.66. The van der Waals surface area contributed by atoms with E-state index >= 15 is 0 Å². The molecule has 0 atom stereocenters. The van der Waals surface area contributed by atoms with Crippen molar-refractivity contribution in [2.45, 2.75) is 6.92 Å². The summed E-state index contributed by atoms with van der Waals surface area (Å²) >= 11 is 2.77. The first-order chi connectivity index (χ1) is 11.0. The van der Waals surface area contributed by atoms with Crippen LogP contribution in [0.15, 0.2) is 48.5 Å². The summed E-state index contributed by atoms with van der Waals surface area (Å²) in [6.07, 6.45) is 0. The number of para-hydroxylation sites is 2. The summed E-state index contributed by atoms with van der Waals surface area (Å²) in [6, 6.07) is 12.8. The van der Waals surface area contributed by atoms with E-state index in [4.69, 9.17) is 5.11 Å². The van der Waals surface area contributed by atoms with E-state index in [0.29, 0.717) is 12.1 Å². The van der Waals surface area contributed by atoms with Crippen LogP contribution in [0.4, 0.5) is 0 Å². The van der Waals surface area contributed by atoms with Gasteiger partial charge in [-0.15, -0.1) is 0 Å². The molecule has 0 heterocycles. The average molecular weight is 356 g/mol. The molecular weight excluding hydrogens is 339 g/mol. The van der Waals surface area contributed by atoms with Crippen LogP contribution in [0.5, 0.6) is 11.5 Å². The zero-order valence-electron chi connectivity index (χ0n) is 12.4. The first kappa shape index (κ1) is 18.5. The zero-order chi connectivity index (χ0) is 17.2. The van der Waals surface area contributed by atoms with Gasteiger partial charge in [0.25, 0.3) is 5.91 Å². The zero-order valence-corrected chi connectivity index (χ0v) is 13.6. The van der Waals surface area contributed by atoms with E-state index in [0.717, 1.165) is 0 Å². The first-order valence-corrected chi connectivity index (χ1v) is 7.35. The van der Waals surface area contributed by atoms with Crippen molar-refractivity contribution in [3.8, 4) is 11.5 Å². The second-order valence-corrected chi connectivity index (χ2v) is 4.61. The van der Waals surface area contributed by atoms with Crippen LogP contribution in [0, 0.1) is 0 Å². The van der Waals surface area contributed by atoms with Crippen molar-refractivity contribution in [3.05, 3.63) is 59.7 Å². The molecule has 0 aliphatic heterocycles. The number of carbonyl (C=O) groups is 2. The number of nitrogens with one attached hydrogen (secondary N) is 2. The minimum atomic E-state index is -0.358. The van der Waals surface area contributed by atoms with Gasteiger partial charge >= 0.3 is 72.0 Å². The van der Waals surface area contributed by atoms with Gasteiger partial charge in [0.2, 0.25) is 0 Å². The summed E-state index contributed by atoms with van der Waals surface area (Å²) in [5.74, 6) is -0.605. The Morgan fingerprint density at radius 2 is 1.35 bits per heavy atom. The molecule has 2 aromatic rings. The molecule has 0 saturated heterocycles. The monoisotopic (exact) mass is 356 g/mol. The Hall–Kier alpha value is -2.50. The number of amides is 2. The van der Waals surface area contributed by atoms with Crippen molar-refractivity contribution in [2.24, 2.45) is 0 Å². The number of hydrogen-bond acceptors (Lipinski definition) is 4. The minimum absolute atomic E-state index is 0.0171. The maximum absolute atomic E-state index is 11.2. The van der Waals surface area contributed by atoms with E-state index in [2.05, 4.69) is 25.9 Å². The fourth-order valence-electron chi connectivity index (χ4n) is 1.64. The summed E-state index contributed by atoms with van der Waals surface area (Å²) < 4.78 is 2.24. The number of benzene rings is 2. The molecule has 0 unspecified atom stereocenters. The van der Waals surface area contributed by atoms with Gasteiger partial charge in [-0.3, -0.25) is 4.79 Å². The number of carbonyl (C=O) groups excluding carboxylic acids is 2. The molecule has 0 spiro atoms. The van der Waals surface area contributed by atoms with Gasteiger partial charge in [0.1, 0.15) is 5.75 Å². The van der Waals surface area contributed by atoms with E-state index in [1.165, 1.54) is 18.2 Å².